The van der Waals surface area contributed by atoms with E-state index < -0.39 is 106 Å². The van der Waals surface area contributed by atoms with Gasteiger partial charge in [-0.15, -0.1) is 5.73 Å². The van der Waals surface area contributed by atoms with Gasteiger partial charge in [0.15, 0.2) is 38.8 Å². The van der Waals surface area contributed by atoms with Gasteiger partial charge < -0.3 is 24.8 Å². The average molecular weight is 960 g/mol. The number of nitrogens with one attached hydrogen (secondary N) is 1. The van der Waals surface area contributed by atoms with Gasteiger partial charge in [-0.2, -0.15) is 13.2 Å². The number of aromatic nitrogens is 6. The molecule has 0 aliphatic carbocycles. The van der Waals surface area contributed by atoms with Crippen LogP contribution in [0.3, 0.4) is 0 Å². The number of hydrogen-bond acceptors (Lipinski definition) is 16. The van der Waals surface area contributed by atoms with Gasteiger partial charge in [0.1, 0.15) is 30.5 Å². The lowest BCUT2D eigenvalue weighted by molar-refractivity contribution is -0.199. The molecule has 25 heteroatoms. The van der Waals surface area contributed by atoms with E-state index in [-0.39, 0.29) is 27.2 Å². The molecule has 57 heavy (non-hydrogen) atoms. The lowest BCUT2D eigenvalue weighted by Gasteiger charge is -2.33. The number of alkyl halides is 3. The first kappa shape index (κ1) is 43.4. The number of aliphatic hydroxyl groups is 1. The van der Waals surface area contributed by atoms with Crippen LogP contribution in [0, 0.1) is 28.5 Å². The maximum Gasteiger partial charge on any atom is 0.527 e. The van der Waals surface area contributed by atoms with E-state index in [0.717, 1.165) is 7.11 Å². The van der Waals surface area contributed by atoms with Crippen LogP contribution in [0.5, 0.6) is 0 Å². The van der Waals surface area contributed by atoms with E-state index in [2.05, 4.69) is 30.7 Å². The normalized spacial score (nSPS) is 31.9. The summed E-state index contributed by atoms with van der Waals surface area (Å²) in [5, 5.41) is 11.5. The van der Waals surface area contributed by atoms with E-state index in [1.807, 2.05) is 0 Å². The largest absolute Gasteiger partial charge is 0.527 e. The van der Waals surface area contributed by atoms with Crippen molar-refractivity contribution in [2.75, 3.05) is 19.5 Å². The molecule has 3 aromatic heterocycles. The number of nitrogens with two attached hydrogens (primary N) is 1. The number of phosphoric ester groups is 2. The van der Waals surface area contributed by atoms with E-state index in [9.17, 15) is 37.1 Å². The highest BCUT2D eigenvalue weighted by Gasteiger charge is 2.57. The number of aromatic amines is 1. The Balaban J connectivity index is 1.40. The van der Waals surface area contributed by atoms with E-state index in [0.29, 0.717) is 11.3 Å². The Morgan fingerprint density at radius 2 is 1.98 bits per heavy atom. The van der Waals surface area contributed by atoms with E-state index in [4.69, 9.17) is 37.8 Å². The number of rotatable bonds is 8. The van der Waals surface area contributed by atoms with Crippen LogP contribution >= 0.6 is 38.2 Å². The summed E-state index contributed by atoms with van der Waals surface area (Å²) in [6, 6.07) is 0. The molecule has 6 rings (SSSR count). The molecule has 3 aromatic rings. The Hall–Kier alpha value is -3.21. The zero-order valence-corrected chi connectivity index (χ0v) is 34.8. The SMILES string of the molecule is CCC(C1OP(=O)(OC)OC2C(C)[C@@H](COP(=O)(O)OC3=C1O[C@@H](C(C)C=C=CCc1c(C)ncnc1N)C3O)O[C@H]2n1cnc2c(=O)[nH]c(I)nc21)C(F)(F)F. The van der Waals surface area contributed by atoms with Gasteiger partial charge >= 0.3 is 21.8 Å². The summed E-state index contributed by atoms with van der Waals surface area (Å²) in [6.07, 6.45) is -9.79. The molecule has 312 valence electrons. The predicted molar refractivity (Wildman–Crippen MR) is 200 cm³/mol. The summed E-state index contributed by atoms with van der Waals surface area (Å²) in [7, 11) is -9.56. The highest BCUT2D eigenvalue weighted by molar-refractivity contribution is 14.1. The van der Waals surface area contributed by atoms with Crippen molar-refractivity contribution in [2.24, 2.45) is 17.8 Å². The number of imidazole rings is 1. The van der Waals surface area contributed by atoms with Crippen LogP contribution in [0.2, 0.25) is 0 Å². The molecule has 3 aliphatic heterocycles. The van der Waals surface area contributed by atoms with Gasteiger partial charge in [0.2, 0.25) is 0 Å². The molecule has 1 saturated heterocycles. The highest BCUT2D eigenvalue weighted by atomic mass is 127. The monoisotopic (exact) mass is 959 g/mol. The van der Waals surface area contributed by atoms with Crippen molar-refractivity contribution in [2.45, 2.75) is 83.5 Å². The fourth-order valence-corrected chi connectivity index (χ4v) is 9.30. The van der Waals surface area contributed by atoms with Crippen molar-refractivity contribution >= 4 is 55.2 Å². The third-order valence-electron chi connectivity index (χ3n) is 9.78. The average Bonchev–Trinajstić information content (AvgIpc) is 3.78. The zero-order chi connectivity index (χ0) is 41.6. The second kappa shape index (κ2) is 16.8. The molecule has 0 aromatic carbocycles. The van der Waals surface area contributed by atoms with Crippen molar-refractivity contribution in [1.82, 2.24) is 29.5 Å². The molecule has 2 bridgehead atoms. The van der Waals surface area contributed by atoms with Crippen LogP contribution in [0.25, 0.3) is 11.2 Å². The number of phosphoric acid groups is 2. The lowest BCUT2D eigenvalue weighted by atomic mass is 9.96. The molecule has 0 saturated carbocycles. The van der Waals surface area contributed by atoms with Gasteiger partial charge in [0, 0.05) is 36.6 Å². The van der Waals surface area contributed by atoms with Crippen LogP contribution in [0.4, 0.5) is 19.0 Å². The summed E-state index contributed by atoms with van der Waals surface area (Å²) < 4.78 is 114. The third kappa shape index (κ3) is 9.03. The molecular weight excluding hydrogens is 920 g/mol. The van der Waals surface area contributed by atoms with E-state index in [1.54, 1.807) is 35.6 Å². The maximum absolute atomic E-state index is 14.9. The summed E-state index contributed by atoms with van der Waals surface area (Å²) >= 11 is 1.77. The Kier molecular flexibility index (Phi) is 12.8. The number of nitrogen functional groups attached to an aromatic ring is 1. The minimum atomic E-state index is -5.31. The van der Waals surface area contributed by atoms with Gasteiger partial charge in [0.25, 0.3) is 5.56 Å². The van der Waals surface area contributed by atoms with Crippen LogP contribution in [0.15, 0.2) is 46.9 Å². The van der Waals surface area contributed by atoms with Gasteiger partial charge in [0.05, 0.1) is 25.0 Å². The number of anilines is 1. The molecule has 8 unspecified atom stereocenters. The Morgan fingerprint density at radius 1 is 1.25 bits per heavy atom. The predicted octanol–water partition coefficient (Wildman–Crippen LogP) is 4.76. The second-order valence-corrected chi connectivity index (χ2v) is 17.5. The van der Waals surface area contributed by atoms with Crippen molar-refractivity contribution < 1.29 is 64.4 Å². The molecule has 6 heterocycles. The minimum Gasteiger partial charge on any atom is -0.484 e. The smallest absolute Gasteiger partial charge is 0.484 e. The number of ether oxygens (including phenoxy) is 2. The van der Waals surface area contributed by atoms with Gasteiger partial charge in [-0.1, -0.05) is 20.8 Å². The third-order valence-corrected chi connectivity index (χ3v) is 12.6. The standard InChI is InChI=1S/C32H39F3IN7O12P2/c1-6-18(32(33,34)35)24-26-25(21(44)22(52-26)14(2)9-7-8-10-17-16(4)38-12-39-27(17)37)53-56(46,47)50-11-19-15(3)23(54-57(48,49-5)55-24)30(51-19)43-13-40-20-28(43)41-31(36)42-29(20)45/h8-9,12-15,18-19,21-24,30,44H,6,10-11H2,1-5H3,(H,46,47)(H2,37,38,39)(H,41,42,45)/t7?,14?,15?,18?,19-,21?,22+,23?,24?,30-,57?/m1/s1. The number of fused-ring (bicyclic) bond motifs is 3. The highest BCUT2D eigenvalue weighted by Crippen LogP contribution is 2.60. The Bertz CT molecular complexity index is 2230. The van der Waals surface area contributed by atoms with Crippen molar-refractivity contribution in [3.05, 3.63) is 67.5 Å². The Morgan fingerprint density at radius 3 is 2.65 bits per heavy atom. The number of halogens is 4. The summed E-state index contributed by atoms with van der Waals surface area (Å²) in [4.78, 5) is 42.6. The van der Waals surface area contributed by atoms with Gasteiger partial charge in [-0.3, -0.25) is 37.3 Å². The molecule has 0 radical (unpaired) electrons. The first-order valence-corrected chi connectivity index (χ1v) is 21.4. The summed E-state index contributed by atoms with van der Waals surface area (Å²) in [5.41, 5.74) is 9.44. The van der Waals surface area contributed by atoms with E-state index in [1.165, 1.54) is 44.1 Å². The van der Waals surface area contributed by atoms with Crippen molar-refractivity contribution in [3.63, 3.8) is 0 Å². The fraction of sp³-hybridized carbons (Fsp3) is 0.562. The molecule has 11 atom stereocenters. The van der Waals surface area contributed by atoms with Crippen molar-refractivity contribution in [1.29, 1.82) is 0 Å². The van der Waals surface area contributed by atoms with Crippen LogP contribution in [-0.4, -0.2) is 89.9 Å². The molecule has 5 N–H and O–H groups in total. The fourth-order valence-electron chi connectivity index (χ4n) is 6.65. The van der Waals surface area contributed by atoms with Gasteiger partial charge in [-0.05, 0) is 48.1 Å². The number of hydrogen-bond donors (Lipinski definition) is 4. The lowest BCUT2D eigenvalue weighted by Crippen LogP contribution is -2.38. The van der Waals surface area contributed by atoms with Gasteiger partial charge in [-0.25, -0.2) is 29.1 Å². The first-order chi connectivity index (χ1) is 26.8. The van der Waals surface area contributed by atoms with E-state index >= 15 is 0 Å². The quantitative estimate of drug-likeness (QED) is 0.103. The number of aryl methyl sites for hydroxylation is 1. The van der Waals surface area contributed by atoms with Crippen LogP contribution in [-0.2, 0) is 47.6 Å². The molecule has 3 aliphatic rings. The number of nitrogens with zero attached hydrogens (tertiary/aromatic N) is 5. The minimum absolute atomic E-state index is 0.00230. The second-order valence-electron chi connectivity index (χ2n) is 13.4. The molecular formula is C32H39F3IN7O12P2. The first-order valence-electron chi connectivity index (χ1n) is 17.4. The zero-order valence-electron chi connectivity index (χ0n) is 30.8. The molecule has 19 nitrogen and oxygen atoms in total. The summed E-state index contributed by atoms with van der Waals surface area (Å²) in [6.45, 7) is 5.28. The topological polar surface area (TPSA) is 255 Å². The van der Waals surface area contributed by atoms with Crippen LogP contribution < -0.4 is 11.3 Å². The van der Waals surface area contributed by atoms with Crippen LogP contribution in [0.1, 0.15) is 44.7 Å². The summed E-state index contributed by atoms with van der Waals surface area (Å²) in [5.74, 6) is -5.86. The Labute approximate surface area is 336 Å². The van der Waals surface area contributed by atoms with Crippen molar-refractivity contribution in [3.8, 4) is 0 Å². The number of H-pyrrole nitrogens is 1. The molecule has 0 spiro atoms. The molecule has 1 fully saturated rings. The number of aliphatic hydroxyl groups excluding tert-OH is 1. The maximum atomic E-state index is 14.9. The molecule has 0 amide bonds.